The standard InChI is InChI=1S/C15H9F6OP/c16-14(17,18)10-7-4-8-11(15(19,20)21)12(10)13(22)23-9-5-2-1-3-6-9/h1-8,22H/p-1. The highest BCUT2D eigenvalue weighted by Crippen LogP contribution is 2.39. The van der Waals surface area contributed by atoms with E-state index < -0.39 is 34.5 Å². The lowest BCUT2D eigenvalue weighted by molar-refractivity contribution is -0.209. The van der Waals surface area contributed by atoms with Crippen molar-refractivity contribution in [1.29, 1.82) is 0 Å². The number of benzene rings is 2. The van der Waals surface area contributed by atoms with Crippen LogP contribution >= 0.6 is 8.20 Å². The second kappa shape index (κ2) is 6.34. The second-order valence-electron chi connectivity index (χ2n) is 4.48. The zero-order valence-corrected chi connectivity index (χ0v) is 12.1. The van der Waals surface area contributed by atoms with Crippen LogP contribution in [0.2, 0.25) is 0 Å². The summed E-state index contributed by atoms with van der Waals surface area (Å²) < 4.78 is 78.0. The van der Waals surface area contributed by atoms with Gasteiger partial charge < -0.3 is 5.11 Å². The van der Waals surface area contributed by atoms with Crippen LogP contribution in [0.4, 0.5) is 26.3 Å². The zero-order valence-electron chi connectivity index (χ0n) is 11.2. The van der Waals surface area contributed by atoms with Crippen LogP contribution < -0.4 is 10.4 Å². The summed E-state index contributed by atoms with van der Waals surface area (Å²) in [6.07, 6.45) is -10.1. The van der Waals surface area contributed by atoms with Crippen molar-refractivity contribution in [2.24, 2.45) is 0 Å². The lowest BCUT2D eigenvalue weighted by Crippen LogP contribution is -2.27. The smallest absolute Gasteiger partial charge is 0.416 e. The molecule has 0 atom stereocenters. The van der Waals surface area contributed by atoms with Crippen LogP contribution in [0.25, 0.3) is 0 Å². The van der Waals surface area contributed by atoms with Gasteiger partial charge in [0.25, 0.3) is 0 Å². The molecule has 0 aliphatic rings. The van der Waals surface area contributed by atoms with Crippen LogP contribution in [-0.2, 0) is 12.4 Å². The summed E-state index contributed by atoms with van der Waals surface area (Å²) in [6, 6.07) is 9.18. The molecule has 122 valence electrons. The van der Waals surface area contributed by atoms with Gasteiger partial charge in [-0.15, -0.1) is 5.48 Å². The minimum Gasteiger partial charge on any atom is -0.823 e. The number of rotatable bonds is 2. The fraction of sp³-hybridized carbons (Fsp3) is 0.133. The van der Waals surface area contributed by atoms with Gasteiger partial charge in [-0.2, -0.15) is 26.3 Å². The topological polar surface area (TPSA) is 23.1 Å². The highest BCUT2D eigenvalue weighted by Gasteiger charge is 2.40. The fourth-order valence-electron chi connectivity index (χ4n) is 1.93. The van der Waals surface area contributed by atoms with Crippen LogP contribution in [0.3, 0.4) is 0 Å². The Labute approximate surface area is 129 Å². The molecule has 1 nitrogen and oxygen atoms in total. The Morgan fingerprint density at radius 1 is 0.739 bits per heavy atom. The molecule has 0 amide bonds. The number of hydrogen-bond donors (Lipinski definition) is 0. The van der Waals surface area contributed by atoms with E-state index in [1.807, 2.05) is 0 Å². The first-order valence-electron chi connectivity index (χ1n) is 6.19. The van der Waals surface area contributed by atoms with E-state index in [9.17, 15) is 31.4 Å². The largest absolute Gasteiger partial charge is 0.823 e. The van der Waals surface area contributed by atoms with Gasteiger partial charge in [-0.1, -0.05) is 44.6 Å². The van der Waals surface area contributed by atoms with Crippen LogP contribution in [0, 0.1) is 0 Å². The van der Waals surface area contributed by atoms with Crippen LogP contribution in [0.5, 0.6) is 0 Å². The normalized spacial score (nSPS) is 13.3. The van der Waals surface area contributed by atoms with Gasteiger partial charge in [0.05, 0.1) is 11.1 Å². The van der Waals surface area contributed by atoms with E-state index in [1.54, 1.807) is 6.07 Å². The van der Waals surface area contributed by atoms with Crippen molar-refractivity contribution in [2.45, 2.75) is 12.4 Å². The summed E-state index contributed by atoms with van der Waals surface area (Å²) in [6.45, 7) is 0. The predicted octanol–water partition coefficient (Wildman–Crippen LogP) is 3.83. The molecule has 0 bridgehead atoms. The Morgan fingerprint density at radius 3 is 1.65 bits per heavy atom. The molecule has 2 rings (SSSR count). The molecule has 0 saturated heterocycles. The first-order valence-corrected chi connectivity index (χ1v) is 7.08. The molecule has 0 aliphatic carbocycles. The predicted molar refractivity (Wildman–Crippen MR) is 73.6 cm³/mol. The number of hydrogen-bond acceptors (Lipinski definition) is 1. The number of halogens is 6. The molecule has 0 unspecified atom stereocenters. The van der Waals surface area contributed by atoms with E-state index in [1.165, 1.54) is 24.3 Å². The van der Waals surface area contributed by atoms with Gasteiger partial charge in [0.1, 0.15) is 0 Å². The average Bonchev–Trinajstić information content (AvgIpc) is 2.45. The van der Waals surface area contributed by atoms with Crippen LogP contribution in [0.15, 0.2) is 48.5 Å². The van der Waals surface area contributed by atoms with Crippen molar-refractivity contribution in [3.63, 3.8) is 0 Å². The summed E-state index contributed by atoms with van der Waals surface area (Å²) in [4.78, 5) is 0. The molecule has 0 heterocycles. The molecule has 0 spiro atoms. The summed E-state index contributed by atoms with van der Waals surface area (Å²) in [7, 11) is -0.257. The van der Waals surface area contributed by atoms with Crippen molar-refractivity contribution in [3.8, 4) is 0 Å². The Balaban J connectivity index is 2.70. The lowest BCUT2D eigenvalue weighted by Gasteiger charge is -2.23. The van der Waals surface area contributed by atoms with Crippen LogP contribution in [-0.4, -0.2) is 5.48 Å². The maximum atomic E-state index is 13.0. The third-order valence-corrected chi connectivity index (χ3v) is 3.86. The summed E-state index contributed by atoms with van der Waals surface area (Å²) in [5.74, 6) is 0. The Bertz CT molecular complexity index is 687. The molecular formula is C15H8F6OP-. The van der Waals surface area contributed by atoms with Crippen molar-refractivity contribution in [1.82, 2.24) is 0 Å². The molecular weight excluding hydrogens is 341 g/mol. The minimum absolute atomic E-state index is 0.257. The second-order valence-corrected chi connectivity index (χ2v) is 5.62. The Morgan fingerprint density at radius 2 is 1.22 bits per heavy atom. The van der Waals surface area contributed by atoms with E-state index in [0.29, 0.717) is 23.5 Å². The molecule has 2 aromatic rings. The quantitative estimate of drug-likeness (QED) is 0.597. The molecule has 2 aromatic carbocycles. The molecule has 0 aliphatic heterocycles. The van der Waals surface area contributed by atoms with Crippen molar-refractivity contribution >= 4 is 19.0 Å². The monoisotopic (exact) mass is 349 g/mol. The molecule has 0 saturated carbocycles. The highest BCUT2D eigenvalue weighted by atomic mass is 31.1. The average molecular weight is 349 g/mol. The Hall–Kier alpha value is -1.85. The molecule has 0 radical (unpaired) electrons. The van der Waals surface area contributed by atoms with Gasteiger partial charge in [0.15, 0.2) is 0 Å². The maximum absolute atomic E-state index is 13.0. The third kappa shape index (κ3) is 4.12. The van der Waals surface area contributed by atoms with Crippen molar-refractivity contribution in [2.75, 3.05) is 0 Å². The van der Waals surface area contributed by atoms with E-state index in [4.69, 9.17) is 0 Å². The highest BCUT2D eigenvalue weighted by molar-refractivity contribution is 7.49. The van der Waals surface area contributed by atoms with E-state index >= 15 is 0 Å². The summed E-state index contributed by atoms with van der Waals surface area (Å²) in [5.41, 5.74) is -5.77. The summed E-state index contributed by atoms with van der Waals surface area (Å²) >= 11 is 0. The molecule has 23 heavy (non-hydrogen) atoms. The first-order chi connectivity index (χ1) is 10.6. The zero-order chi connectivity index (χ0) is 17.3. The van der Waals surface area contributed by atoms with Gasteiger partial charge in [0, 0.05) is 5.30 Å². The maximum Gasteiger partial charge on any atom is 0.416 e. The van der Waals surface area contributed by atoms with Gasteiger partial charge in [0.2, 0.25) is 0 Å². The minimum atomic E-state index is -5.06. The van der Waals surface area contributed by atoms with Gasteiger partial charge in [-0.25, -0.2) is 0 Å². The van der Waals surface area contributed by atoms with Crippen LogP contribution in [0.1, 0.15) is 16.7 Å². The van der Waals surface area contributed by atoms with Gasteiger partial charge >= 0.3 is 12.4 Å². The Kier molecular flexibility index (Phi) is 4.82. The van der Waals surface area contributed by atoms with Crippen molar-refractivity contribution < 1.29 is 31.4 Å². The van der Waals surface area contributed by atoms with Gasteiger partial charge in [-0.3, -0.25) is 0 Å². The first kappa shape index (κ1) is 17.5. The van der Waals surface area contributed by atoms with Crippen molar-refractivity contribution in [3.05, 3.63) is 65.2 Å². The number of alkyl halides is 6. The molecule has 0 aromatic heterocycles. The van der Waals surface area contributed by atoms with E-state index in [-0.39, 0.29) is 8.20 Å². The fourth-order valence-corrected chi connectivity index (χ4v) is 2.84. The lowest BCUT2D eigenvalue weighted by atomic mass is 10.0. The third-order valence-electron chi connectivity index (χ3n) is 2.88. The summed E-state index contributed by atoms with van der Waals surface area (Å²) in [5, 5.41) is 12.4. The van der Waals surface area contributed by atoms with E-state index in [2.05, 4.69) is 0 Å². The van der Waals surface area contributed by atoms with E-state index in [0.717, 1.165) is 0 Å². The molecule has 0 N–H and O–H groups in total. The molecule has 8 heteroatoms. The molecule has 0 fully saturated rings. The SMILES string of the molecule is [O-]C(=Pc1ccccc1)c1c(C(F)(F)F)cccc1C(F)(F)F. The van der Waals surface area contributed by atoms with Gasteiger partial charge in [-0.05, 0) is 17.7 Å².